The van der Waals surface area contributed by atoms with E-state index in [1.54, 1.807) is 21.3 Å². The van der Waals surface area contributed by atoms with Crippen molar-refractivity contribution in [3.8, 4) is 0 Å². The Hall–Kier alpha value is 0.0569. The Bertz CT molecular complexity index is 154. The van der Waals surface area contributed by atoms with Crippen molar-refractivity contribution in [3.05, 3.63) is 0 Å². The number of ether oxygens (including phenoxy) is 1. The molecule has 0 heterocycles. The molecule has 98 valence electrons. The van der Waals surface area contributed by atoms with Crippen molar-refractivity contribution in [2.45, 2.75) is 32.7 Å². The summed E-state index contributed by atoms with van der Waals surface area (Å²) in [6.07, 6.45) is 2.07. The van der Waals surface area contributed by atoms with Gasteiger partial charge in [-0.25, -0.2) is 0 Å². The van der Waals surface area contributed by atoms with Gasteiger partial charge < -0.3 is 18.0 Å². The molecule has 0 saturated heterocycles. The average Bonchev–Trinajstić information content (AvgIpc) is 2.34. The maximum Gasteiger partial charge on any atom is 0.500 e. The van der Waals surface area contributed by atoms with Gasteiger partial charge in [0.1, 0.15) is 0 Å². The molecule has 0 amide bonds. The van der Waals surface area contributed by atoms with Crippen LogP contribution in [0.3, 0.4) is 0 Å². The second-order valence-corrected chi connectivity index (χ2v) is 7.08. The number of rotatable bonds is 10. The van der Waals surface area contributed by atoms with Crippen molar-refractivity contribution in [2.24, 2.45) is 5.92 Å². The fraction of sp³-hybridized carbons (Fsp3) is 1.00. The Morgan fingerprint density at radius 2 is 1.62 bits per heavy atom. The number of hydrogen-bond acceptors (Lipinski definition) is 4. The summed E-state index contributed by atoms with van der Waals surface area (Å²) >= 11 is 0. The Morgan fingerprint density at radius 1 is 1.06 bits per heavy atom. The molecule has 1 unspecified atom stereocenters. The van der Waals surface area contributed by atoms with Gasteiger partial charge in [-0.1, -0.05) is 20.3 Å². The molecule has 0 spiro atoms. The van der Waals surface area contributed by atoms with Gasteiger partial charge in [0.2, 0.25) is 0 Å². The first-order valence-electron chi connectivity index (χ1n) is 5.87. The molecule has 4 nitrogen and oxygen atoms in total. The molecule has 0 bridgehead atoms. The highest BCUT2D eigenvalue weighted by Gasteiger charge is 2.36. The first kappa shape index (κ1) is 16.1. The molecule has 0 saturated carbocycles. The van der Waals surface area contributed by atoms with Crippen LogP contribution in [0.5, 0.6) is 0 Å². The van der Waals surface area contributed by atoms with Crippen LogP contribution in [-0.4, -0.2) is 43.3 Å². The summed E-state index contributed by atoms with van der Waals surface area (Å²) in [7, 11) is 2.53. The average molecular weight is 250 g/mol. The Balaban J connectivity index is 3.63. The van der Waals surface area contributed by atoms with E-state index in [1.165, 1.54) is 0 Å². The molecular weight excluding hydrogens is 224 g/mol. The SMILES string of the molecule is CCC(C)COCCC[Si](OC)(OC)OC. The van der Waals surface area contributed by atoms with Gasteiger partial charge in [0.05, 0.1) is 0 Å². The maximum atomic E-state index is 5.57. The summed E-state index contributed by atoms with van der Waals surface area (Å²) in [4.78, 5) is 0. The van der Waals surface area contributed by atoms with Gasteiger partial charge in [0, 0.05) is 40.6 Å². The third-order valence-electron chi connectivity index (χ3n) is 2.80. The maximum absolute atomic E-state index is 5.57. The van der Waals surface area contributed by atoms with Gasteiger partial charge in [-0.15, -0.1) is 0 Å². The minimum atomic E-state index is -2.38. The lowest BCUT2D eigenvalue weighted by molar-refractivity contribution is 0.0919. The molecule has 0 aromatic heterocycles. The van der Waals surface area contributed by atoms with E-state index in [0.717, 1.165) is 32.1 Å². The molecule has 0 aromatic rings. The normalized spacial score (nSPS) is 14.1. The van der Waals surface area contributed by atoms with Gasteiger partial charge in [-0.3, -0.25) is 0 Å². The summed E-state index contributed by atoms with van der Waals surface area (Å²) < 4.78 is 21.5. The van der Waals surface area contributed by atoms with E-state index in [1.807, 2.05) is 0 Å². The Labute approximate surface area is 101 Å². The molecule has 0 aliphatic rings. The van der Waals surface area contributed by atoms with Crippen molar-refractivity contribution < 1.29 is 18.0 Å². The Morgan fingerprint density at radius 3 is 2.06 bits per heavy atom. The van der Waals surface area contributed by atoms with Crippen molar-refractivity contribution in [1.82, 2.24) is 0 Å². The summed E-state index contributed by atoms with van der Waals surface area (Å²) in [6, 6.07) is 0.803. The van der Waals surface area contributed by atoms with Crippen molar-refractivity contribution >= 4 is 8.80 Å². The van der Waals surface area contributed by atoms with Gasteiger partial charge in [-0.2, -0.15) is 0 Å². The quantitative estimate of drug-likeness (QED) is 0.440. The molecule has 16 heavy (non-hydrogen) atoms. The Kier molecular flexibility index (Phi) is 9.16. The lowest BCUT2D eigenvalue weighted by atomic mass is 10.1. The third kappa shape index (κ3) is 5.96. The van der Waals surface area contributed by atoms with Crippen molar-refractivity contribution in [2.75, 3.05) is 34.5 Å². The molecule has 0 aliphatic heterocycles. The van der Waals surface area contributed by atoms with Gasteiger partial charge >= 0.3 is 8.80 Å². The molecule has 1 atom stereocenters. The first-order chi connectivity index (χ1) is 7.64. The lowest BCUT2D eigenvalue weighted by Gasteiger charge is -2.24. The molecule has 0 rings (SSSR count). The van der Waals surface area contributed by atoms with Crippen LogP contribution in [0.2, 0.25) is 6.04 Å². The van der Waals surface area contributed by atoms with Gasteiger partial charge in [0.15, 0.2) is 0 Å². The largest absolute Gasteiger partial charge is 0.500 e. The van der Waals surface area contributed by atoms with Crippen molar-refractivity contribution in [1.29, 1.82) is 0 Å². The van der Waals surface area contributed by atoms with Crippen LogP contribution in [0, 0.1) is 5.92 Å². The van der Waals surface area contributed by atoms with E-state index >= 15 is 0 Å². The monoisotopic (exact) mass is 250 g/mol. The zero-order valence-electron chi connectivity index (χ0n) is 11.2. The van der Waals surface area contributed by atoms with E-state index in [-0.39, 0.29) is 0 Å². The van der Waals surface area contributed by atoms with Crippen LogP contribution in [-0.2, 0) is 18.0 Å². The first-order valence-corrected chi connectivity index (χ1v) is 7.80. The van der Waals surface area contributed by atoms with Crippen LogP contribution in [0.4, 0.5) is 0 Å². The van der Waals surface area contributed by atoms with Crippen LogP contribution in [0.1, 0.15) is 26.7 Å². The second-order valence-electron chi connectivity index (χ2n) is 3.99. The molecule has 0 radical (unpaired) electrons. The van der Waals surface area contributed by atoms with E-state index in [2.05, 4.69) is 13.8 Å². The molecule has 5 heteroatoms. The zero-order chi connectivity index (χ0) is 12.4. The summed E-state index contributed by atoms with van der Waals surface area (Å²) in [5.74, 6) is 0.634. The predicted octanol–water partition coefficient (Wildman–Crippen LogP) is 2.32. The van der Waals surface area contributed by atoms with Gasteiger partial charge in [-0.05, 0) is 12.3 Å². The van der Waals surface area contributed by atoms with E-state index < -0.39 is 8.80 Å². The van der Waals surface area contributed by atoms with Crippen molar-refractivity contribution in [3.63, 3.8) is 0 Å². The van der Waals surface area contributed by atoms with E-state index in [0.29, 0.717) is 5.92 Å². The lowest BCUT2D eigenvalue weighted by Crippen LogP contribution is -2.42. The fourth-order valence-corrected chi connectivity index (χ4v) is 3.04. The predicted molar refractivity (Wildman–Crippen MR) is 66.5 cm³/mol. The zero-order valence-corrected chi connectivity index (χ0v) is 12.2. The molecular formula is C11H26O4Si. The van der Waals surface area contributed by atoms with Crippen LogP contribution >= 0.6 is 0 Å². The van der Waals surface area contributed by atoms with E-state index in [9.17, 15) is 0 Å². The van der Waals surface area contributed by atoms with Crippen LogP contribution in [0.25, 0.3) is 0 Å². The number of hydrogen-bond donors (Lipinski definition) is 0. The van der Waals surface area contributed by atoms with E-state index in [4.69, 9.17) is 18.0 Å². The standard InChI is InChI=1S/C11H26O4Si/c1-6-11(2)10-15-8-7-9-16(12-3,13-4)14-5/h11H,6-10H2,1-5H3. The minimum Gasteiger partial charge on any atom is -0.381 e. The molecule has 0 aromatic carbocycles. The minimum absolute atomic E-state index is 0.634. The topological polar surface area (TPSA) is 36.9 Å². The fourth-order valence-electron chi connectivity index (χ4n) is 1.35. The summed E-state index contributed by atoms with van der Waals surface area (Å²) in [5.41, 5.74) is 0. The molecule has 0 aliphatic carbocycles. The highest BCUT2D eigenvalue weighted by Crippen LogP contribution is 2.15. The second kappa shape index (κ2) is 9.12. The summed E-state index contributed by atoms with van der Waals surface area (Å²) in [6.45, 7) is 5.94. The summed E-state index contributed by atoms with van der Waals surface area (Å²) in [5, 5.41) is 0. The van der Waals surface area contributed by atoms with Crippen LogP contribution in [0.15, 0.2) is 0 Å². The smallest absolute Gasteiger partial charge is 0.381 e. The molecule has 0 fully saturated rings. The van der Waals surface area contributed by atoms with Gasteiger partial charge in [0.25, 0.3) is 0 Å². The van der Waals surface area contributed by atoms with Crippen LogP contribution < -0.4 is 0 Å². The molecule has 0 N–H and O–H groups in total. The third-order valence-corrected chi connectivity index (χ3v) is 5.64. The highest BCUT2D eigenvalue weighted by atomic mass is 28.4. The highest BCUT2D eigenvalue weighted by molar-refractivity contribution is 6.60.